The van der Waals surface area contributed by atoms with Crippen molar-refractivity contribution in [3.05, 3.63) is 21.9 Å². The zero-order valence-corrected chi connectivity index (χ0v) is 15.2. The van der Waals surface area contributed by atoms with E-state index in [9.17, 15) is 0 Å². The maximum atomic E-state index is 4.73. The summed E-state index contributed by atoms with van der Waals surface area (Å²) in [6.45, 7) is 13.8. The molecule has 1 aromatic heterocycles. The fourth-order valence-electron chi connectivity index (χ4n) is 2.50. The normalized spacial score (nSPS) is 17.4. The number of thiophene rings is 1. The molecule has 1 aromatic rings. The molecule has 0 bridgehead atoms. The number of nitrogens with zero attached hydrogens (tertiary/aromatic N) is 2. The molecular formula is C17H30N4S. The second-order valence-corrected chi connectivity index (χ2v) is 7.33. The Morgan fingerprint density at radius 2 is 2.23 bits per heavy atom. The van der Waals surface area contributed by atoms with Gasteiger partial charge in [-0.2, -0.15) is 0 Å². The molecule has 1 aliphatic rings. The molecule has 0 saturated carbocycles. The molecule has 1 aliphatic heterocycles. The number of guanidine groups is 1. The minimum Gasteiger partial charge on any atom is -0.357 e. The van der Waals surface area contributed by atoms with Gasteiger partial charge in [-0.25, -0.2) is 0 Å². The first-order valence-electron chi connectivity index (χ1n) is 8.42. The van der Waals surface area contributed by atoms with E-state index >= 15 is 0 Å². The molecule has 0 aromatic carbocycles. The average molecular weight is 323 g/mol. The van der Waals surface area contributed by atoms with Crippen LogP contribution < -0.4 is 10.6 Å². The van der Waals surface area contributed by atoms with Gasteiger partial charge in [0, 0.05) is 37.1 Å². The number of aliphatic imine (C=N–C) groups is 1. The first-order valence-corrected chi connectivity index (χ1v) is 9.30. The smallest absolute Gasteiger partial charge is 0.191 e. The first kappa shape index (κ1) is 17.3. The lowest BCUT2D eigenvalue weighted by Crippen LogP contribution is -2.44. The number of rotatable bonds is 6. The highest BCUT2D eigenvalue weighted by Crippen LogP contribution is 2.23. The van der Waals surface area contributed by atoms with E-state index in [0.29, 0.717) is 12.0 Å². The second kappa shape index (κ2) is 8.53. The summed E-state index contributed by atoms with van der Waals surface area (Å²) in [5.41, 5.74) is 1.51. The van der Waals surface area contributed by atoms with Crippen LogP contribution in [0.3, 0.4) is 0 Å². The summed E-state index contributed by atoms with van der Waals surface area (Å²) >= 11 is 1.90. The van der Waals surface area contributed by atoms with E-state index in [-0.39, 0.29) is 0 Å². The minimum absolute atomic E-state index is 0.432. The number of fused-ring (bicyclic) bond motifs is 1. The number of hydrogen-bond donors (Lipinski definition) is 2. The van der Waals surface area contributed by atoms with Gasteiger partial charge in [0.15, 0.2) is 5.96 Å². The third-order valence-electron chi connectivity index (χ3n) is 4.28. The van der Waals surface area contributed by atoms with Crippen molar-refractivity contribution in [2.24, 2.45) is 10.9 Å². The molecule has 4 nitrogen and oxygen atoms in total. The van der Waals surface area contributed by atoms with Crippen molar-refractivity contribution in [2.45, 2.75) is 46.7 Å². The minimum atomic E-state index is 0.432. The summed E-state index contributed by atoms with van der Waals surface area (Å²) in [7, 11) is 0. The van der Waals surface area contributed by atoms with Crippen molar-refractivity contribution in [3.8, 4) is 0 Å². The molecule has 1 unspecified atom stereocenters. The van der Waals surface area contributed by atoms with Gasteiger partial charge in [0.2, 0.25) is 0 Å². The molecule has 0 aliphatic carbocycles. The van der Waals surface area contributed by atoms with Crippen LogP contribution in [0.1, 0.15) is 38.1 Å². The zero-order chi connectivity index (χ0) is 15.9. The van der Waals surface area contributed by atoms with Crippen LogP contribution >= 0.6 is 11.3 Å². The summed E-state index contributed by atoms with van der Waals surface area (Å²) in [5.74, 6) is 1.54. The SMILES string of the molecule is CCNC(=NCCN1CCc2sccc2C1)NC(C)C(C)C. The third kappa shape index (κ3) is 4.99. The summed E-state index contributed by atoms with van der Waals surface area (Å²) < 4.78 is 0. The lowest BCUT2D eigenvalue weighted by Gasteiger charge is -2.26. The molecule has 2 rings (SSSR count). The van der Waals surface area contributed by atoms with E-state index in [0.717, 1.165) is 38.7 Å². The Morgan fingerprint density at radius 1 is 1.41 bits per heavy atom. The van der Waals surface area contributed by atoms with Crippen LogP contribution in [0.2, 0.25) is 0 Å². The predicted octanol–water partition coefficient (Wildman–Crippen LogP) is 2.71. The van der Waals surface area contributed by atoms with Crippen molar-refractivity contribution >= 4 is 17.3 Å². The van der Waals surface area contributed by atoms with E-state index < -0.39 is 0 Å². The van der Waals surface area contributed by atoms with E-state index in [1.807, 2.05) is 11.3 Å². The molecule has 0 amide bonds. The van der Waals surface area contributed by atoms with E-state index in [1.165, 1.54) is 12.0 Å². The van der Waals surface area contributed by atoms with Crippen LogP contribution in [0.5, 0.6) is 0 Å². The summed E-state index contributed by atoms with van der Waals surface area (Å²) in [6, 6.07) is 2.70. The van der Waals surface area contributed by atoms with Crippen molar-refractivity contribution in [1.29, 1.82) is 0 Å². The Hall–Kier alpha value is -1.07. The van der Waals surface area contributed by atoms with Crippen LogP contribution in [0.25, 0.3) is 0 Å². The van der Waals surface area contributed by atoms with Gasteiger partial charge in [0.1, 0.15) is 0 Å². The van der Waals surface area contributed by atoms with E-state index in [4.69, 9.17) is 4.99 Å². The fraction of sp³-hybridized carbons (Fsp3) is 0.706. The Balaban J connectivity index is 1.81. The largest absolute Gasteiger partial charge is 0.357 e. The number of nitrogens with one attached hydrogen (secondary N) is 2. The predicted molar refractivity (Wildman–Crippen MR) is 96.7 cm³/mol. The van der Waals surface area contributed by atoms with Gasteiger partial charge in [0.25, 0.3) is 0 Å². The molecule has 22 heavy (non-hydrogen) atoms. The van der Waals surface area contributed by atoms with Gasteiger partial charge in [-0.05, 0) is 43.2 Å². The van der Waals surface area contributed by atoms with Crippen molar-refractivity contribution in [1.82, 2.24) is 15.5 Å². The molecule has 1 atom stereocenters. The monoisotopic (exact) mass is 322 g/mol. The highest BCUT2D eigenvalue weighted by molar-refractivity contribution is 7.10. The van der Waals surface area contributed by atoms with Gasteiger partial charge in [-0.1, -0.05) is 13.8 Å². The molecule has 0 saturated heterocycles. The molecule has 2 N–H and O–H groups in total. The Bertz CT molecular complexity index is 481. The molecule has 124 valence electrons. The fourth-order valence-corrected chi connectivity index (χ4v) is 3.39. The second-order valence-electron chi connectivity index (χ2n) is 6.33. The molecule has 0 spiro atoms. The summed E-state index contributed by atoms with van der Waals surface area (Å²) in [4.78, 5) is 8.81. The van der Waals surface area contributed by atoms with Gasteiger partial charge >= 0.3 is 0 Å². The molecule has 0 radical (unpaired) electrons. The van der Waals surface area contributed by atoms with E-state index in [2.05, 4.69) is 54.7 Å². The van der Waals surface area contributed by atoms with Crippen molar-refractivity contribution in [2.75, 3.05) is 26.2 Å². The van der Waals surface area contributed by atoms with Gasteiger partial charge in [-0.3, -0.25) is 9.89 Å². The Labute approximate surface area is 139 Å². The van der Waals surface area contributed by atoms with Crippen LogP contribution in [0.15, 0.2) is 16.4 Å². The van der Waals surface area contributed by atoms with Gasteiger partial charge < -0.3 is 10.6 Å². The maximum Gasteiger partial charge on any atom is 0.191 e. The third-order valence-corrected chi connectivity index (χ3v) is 5.30. The van der Waals surface area contributed by atoms with Crippen molar-refractivity contribution < 1.29 is 0 Å². The quantitative estimate of drug-likeness (QED) is 0.625. The van der Waals surface area contributed by atoms with Crippen LogP contribution in [-0.4, -0.2) is 43.1 Å². The zero-order valence-electron chi connectivity index (χ0n) is 14.4. The maximum absolute atomic E-state index is 4.73. The molecule has 2 heterocycles. The molecular weight excluding hydrogens is 292 g/mol. The standard InChI is InChI=1S/C17H30N4S/c1-5-18-17(20-14(4)13(2)3)19-8-10-21-9-6-16-15(12-21)7-11-22-16/h7,11,13-14H,5-6,8-10,12H2,1-4H3,(H2,18,19,20). The highest BCUT2D eigenvalue weighted by atomic mass is 32.1. The lowest BCUT2D eigenvalue weighted by atomic mass is 10.1. The molecule has 0 fully saturated rings. The van der Waals surface area contributed by atoms with Crippen LogP contribution in [-0.2, 0) is 13.0 Å². The average Bonchev–Trinajstić information content (AvgIpc) is 2.94. The molecule has 5 heteroatoms. The van der Waals surface area contributed by atoms with Crippen LogP contribution in [0, 0.1) is 5.92 Å². The van der Waals surface area contributed by atoms with Gasteiger partial charge in [0.05, 0.1) is 6.54 Å². The number of hydrogen-bond acceptors (Lipinski definition) is 3. The topological polar surface area (TPSA) is 39.7 Å². The summed E-state index contributed by atoms with van der Waals surface area (Å²) in [5, 5.41) is 9.04. The first-order chi connectivity index (χ1) is 10.6. The lowest BCUT2D eigenvalue weighted by molar-refractivity contribution is 0.263. The van der Waals surface area contributed by atoms with Crippen molar-refractivity contribution in [3.63, 3.8) is 0 Å². The Morgan fingerprint density at radius 3 is 2.95 bits per heavy atom. The van der Waals surface area contributed by atoms with E-state index in [1.54, 1.807) is 4.88 Å². The summed E-state index contributed by atoms with van der Waals surface area (Å²) in [6.07, 6.45) is 1.19. The van der Waals surface area contributed by atoms with Crippen LogP contribution in [0.4, 0.5) is 0 Å². The highest BCUT2D eigenvalue weighted by Gasteiger charge is 2.16. The Kier molecular flexibility index (Phi) is 6.70. The van der Waals surface area contributed by atoms with Gasteiger partial charge in [-0.15, -0.1) is 11.3 Å².